The van der Waals surface area contributed by atoms with Crippen molar-refractivity contribution in [3.8, 4) is 12.3 Å². The third-order valence-corrected chi connectivity index (χ3v) is 9.56. The fraction of sp³-hybridized carbons (Fsp3) is 0.171. The van der Waals surface area contributed by atoms with Crippen molar-refractivity contribution in [1.29, 1.82) is 0 Å². The molecule has 192 valence electrons. The number of aliphatic imine (C=N–C) groups is 1. The van der Waals surface area contributed by atoms with Gasteiger partial charge in [0, 0.05) is 50.0 Å². The van der Waals surface area contributed by atoms with Gasteiger partial charge < -0.3 is 4.98 Å². The second-order valence-electron chi connectivity index (χ2n) is 10.1. The first-order valence-corrected chi connectivity index (χ1v) is 15.1. The van der Waals surface area contributed by atoms with Crippen LogP contribution in [0.5, 0.6) is 0 Å². The Labute approximate surface area is 239 Å². The van der Waals surface area contributed by atoms with E-state index in [-0.39, 0.29) is 0 Å². The molecule has 0 radical (unpaired) electrons. The van der Waals surface area contributed by atoms with E-state index in [0.717, 1.165) is 44.4 Å². The lowest BCUT2D eigenvalue weighted by atomic mass is 9.91. The predicted molar refractivity (Wildman–Crippen MR) is 169 cm³/mol. The summed E-state index contributed by atoms with van der Waals surface area (Å²) in [6, 6.07) is 17.8. The molecule has 0 saturated heterocycles. The summed E-state index contributed by atoms with van der Waals surface area (Å²) in [5.41, 5.74) is 14.0. The van der Waals surface area contributed by atoms with E-state index in [1.165, 1.54) is 38.4 Å². The molecule has 4 aromatic rings. The molecule has 4 heteroatoms. The van der Waals surface area contributed by atoms with Crippen molar-refractivity contribution in [2.24, 2.45) is 4.99 Å². The third-order valence-electron chi connectivity index (χ3n) is 7.45. The van der Waals surface area contributed by atoms with E-state index < -0.39 is 0 Å². The van der Waals surface area contributed by atoms with Crippen LogP contribution in [-0.2, 0) is 0 Å². The van der Waals surface area contributed by atoms with Crippen molar-refractivity contribution >= 4 is 40.5 Å². The van der Waals surface area contributed by atoms with Crippen LogP contribution in [0.2, 0.25) is 0 Å². The predicted octanol–water partition coefficient (Wildman–Crippen LogP) is 9.07. The average Bonchev–Trinajstić information content (AvgIpc) is 3.72. The maximum absolute atomic E-state index is 5.80. The molecule has 1 atom stereocenters. The molecule has 6 rings (SSSR count). The van der Waals surface area contributed by atoms with Crippen molar-refractivity contribution in [2.75, 3.05) is 5.75 Å². The molecule has 2 aromatic carbocycles. The SMILES string of the molecule is C#Cc1scc(C2=N/C(=C(\c3ccc(C4CSc5ccccc54)[nH]3)c3c(C)cc(C)cc3C)C=C2)c1/C=C\C. The lowest BCUT2D eigenvalue weighted by molar-refractivity contribution is 0.895. The minimum Gasteiger partial charge on any atom is -0.358 e. The summed E-state index contributed by atoms with van der Waals surface area (Å²) in [6.07, 6.45) is 14.2. The van der Waals surface area contributed by atoms with Gasteiger partial charge in [-0.25, -0.2) is 4.99 Å². The highest BCUT2D eigenvalue weighted by molar-refractivity contribution is 7.99. The van der Waals surface area contributed by atoms with E-state index >= 15 is 0 Å². The normalized spacial score (nSPS) is 17.5. The van der Waals surface area contributed by atoms with Crippen molar-refractivity contribution in [3.63, 3.8) is 0 Å². The minimum atomic E-state index is 0.362. The summed E-state index contributed by atoms with van der Waals surface area (Å²) in [5, 5.41) is 2.13. The number of terminal acetylenes is 1. The lowest BCUT2D eigenvalue weighted by Crippen LogP contribution is -2.02. The Morgan fingerprint density at radius 2 is 1.87 bits per heavy atom. The average molecular weight is 543 g/mol. The molecule has 0 amide bonds. The van der Waals surface area contributed by atoms with Crippen LogP contribution in [0.15, 0.2) is 87.7 Å². The number of fused-ring (bicyclic) bond motifs is 1. The van der Waals surface area contributed by atoms with Crippen LogP contribution < -0.4 is 0 Å². The number of H-pyrrole nitrogens is 1. The molecule has 2 nitrogen and oxygen atoms in total. The number of hydrogen-bond donors (Lipinski definition) is 1. The Bertz CT molecular complexity index is 1740. The Kier molecular flexibility index (Phi) is 6.81. The highest BCUT2D eigenvalue weighted by atomic mass is 32.2. The first-order chi connectivity index (χ1) is 19.0. The summed E-state index contributed by atoms with van der Waals surface area (Å²) in [6.45, 7) is 8.58. The van der Waals surface area contributed by atoms with Crippen LogP contribution in [0, 0.1) is 33.1 Å². The van der Waals surface area contributed by atoms with E-state index in [1.807, 2.05) is 24.8 Å². The Balaban J connectivity index is 1.51. The number of thiophene rings is 1. The molecule has 0 aliphatic carbocycles. The number of nitrogens with zero attached hydrogens (tertiary/aromatic N) is 1. The standard InChI is InChI=1S/C35H30N2S2/c1-6-10-24-26(19-38-32(24)7-2)28-13-15-30(36-28)35(34-22(4)17-21(3)18-23(34)5)31-16-14-29(37-31)27-20-39-33-12-9-8-11-25(27)33/h2,6,8-19,27,37H,20H2,1,3-5H3/b10-6-,35-30+. The molecular weight excluding hydrogens is 513 g/mol. The zero-order valence-corrected chi connectivity index (χ0v) is 24.3. The van der Waals surface area contributed by atoms with Gasteiger partial charge in [0.2, 0.25) is 0 Å². The molecular formula is C35H30N2S2. The molecule has 2 aromatic heterocycles. The Hall–Kier alpha value is -3.78. The van der Waals surface area contributed by atoms with Crippen LogP contribution in [0.25, 0.3) is 11.6 Å². The van der Waals surface area contributed by atoms with Crippen molar-refractivity contribution in [2.45, 2.75) is 38.5 Å². The Morgan fingerprint density at radius 1 is 1.08 bits per heavy atom. The highest BCUT2D eigenvalue weighted by Crippen LogP contribution is 2.43. The maximum atomic E-state index is 5.80. The van der Waals surface area contributed by atoms with Crippen molar-refractivity contribution < 1.29 is 0 Å². The zero-order valence-electron chi connectivity index (χ0n) is 22.6. The van der Waals surface area contributed by atoms with Gasteiger partial charge in [-0.3, -0.25) is 0 Å². The van der Waals surface area contributed by atoms with Gasteiger partial charge in [-0.1, -0.05) is 54.0 Å². The fourth-order valence-corrected chi connectivity index (χ4v) is 7.93. The van der Waals surface area contributed by atoms with Crippen LogP contribution in [-0.4, -0.2) is 16.4 Å². The Morgan fingerprint density at radius 3 is 2.64 bits per heavy atom. The number of rotatable bonds is 5. The number of hydrogen-bond acceptors (Lipinski definition) is 3. The highest BCUT2D eigenvalue weighted by Gasteiger charge is 2.27. The van der Waals surface area contributed by atoms with Gasteiger partial charge in [0.1, 0.15) is 0 Å². The zero-order chi connectivity index (χ0) is 27.1. The van der Waals surface area contributed by atoms with Crippen molar-refractivity contribution in [1.82, 2.24) is 4.98 Å². The number of aromatic amines is 1. The van der Waals surface area contributed by atoms with Crippen molar-refractivity contribution in [3.05, 3.63) is 133 Å². The molecule has 39 heavy (non-hydrogen) atoms. The molecule has 0 bridgehead atoms. The molecule has 2 aliphatic heterocycles. The second kappa shape index (κ2) is 10.4. The number of benzene rings is 2. The molecule has 0 spiro atoms. The number of thioether (sulfide) groups is 1. The lowest BCUT2D eigenvalue weighted by Gasteiger charge is -2.16. The molecule has 4 heterocycles. The second-order valence-corrected chi connectivity index (χ2v) is 12.1. The van der Waals surface area contributed by atoms with E-state index in [0.29, 0.717) is 5.92 Å². The molecule has 2 aliphatic rings. The number of nitrogens with one attached hydrogen (secondary N) is 1. The van der Waals surface area contributed by atoms with Gasteiger partial charge >= 0.3 is 0 Å². The van der Waals surface area contributed by atoms with Crippen LogP contribution >= 0.6 is 23.1 Å². The summed E-state index contributed by atoms with van der Waals surface area (Å²) >= 11 is 3.54. The summed E-state index contributed by atoms with van der Waals surface area (Å²) in [4.78, 5) is 11.4. The quantitative estimate of drug-likeness (QED) is 0.250. The fourth-order valence-electron chi connectivity index (χ4n) is 5.82. The first-order valence-electron chi connectivity index (χ1n) is 13.2. The van der Waals surface area contributed by atoms with E-state index in [4.69, 9.17) is 11.4 Å². The third kappa shape index (κ3) is 4.56. The van der Waals surface area contributed by atoms with E-state index in [1.54, 1.807) is 11.3 Å². The summed E-state index contributed by atoms with van der Waals surface area (Å²) < 4.78 is 0. The van der Waals surface area contributed by atoms with Crippen LogP contribution in [0.1, 0.15) is 68.1 Å². The first kappa shape index (κ1) is 25.5. The van der Waals surface area contributed by atoms with Gasteiger partial charge in [0.25, 0.3) is 0 Å². The van der Waals surface area contributed by atoms with Gasteiger partial charge in [0.15, 0.2) is 0 Å². The van der Waals surface area contributed by atoms with E-state index in [2.05, 4.69) is 104 Å². The molecule has 1 N–H and O–H groups in total. The number of aryl methyl sites for hydroxylation is 3. The topological polar surface area (TPSA) is 28.1 Å². The van der Waals surface area contributed by atoms with E-state index in [9.17, 15) is 0 Å². The van der Waals surface area contributed by atoms with Gasteiger partial charge in [-0.2, -0.15) is 0 Å². The van der Waals surface area contributed by atoms with Gasteiger partial charge in [0.05, 0.1) is 16.3 Å². The van der Waals surface area contributed by atoms with Gasteiger partial charge in [-0.05, 0) is 80.3 Å². The van der Waals surface area contributed by atoms with Gasteiger partial charge in [-0.15, -0.1) is 29.5 Å². The number of allylic oxidation sites excluding steroid dienone is 3. The summed E-state index contributed by atoms with van der Waals surface area (Å²) in [5.74, 6) is 4.25. The summed E-state index contributed by atoms with van der Waals surface area (Å²) in [7, 11) is 0. The largest absolute Gasteiger partial charge is 0.358 e. The molecule has 0 saturated carbocycles. The monoisotopic (exact) mass is 542 g/mol. The molecule has 1 unspecified atom stereocenters. The smallest absolute Gasteiger partial charge is 0.0844 e. The minimum absolute atomic E-state index is 0.362. The van der Waals surface area contributed by atoms with Crippen LogP contribution in [0.3, 0.4) is 0 Å². The number of aromatic nitrogens is 1. The molecule has 0 fully saturated rings. The maximum Gasteiger partial charge on any atom is 0.0844 e. The van der Waals surface area contributed by atoms with Crippen LogP contribution in [0.4, 0.5) is 0 Å².